The van der Waals surface area contributed by atoms with E-state index in [0.29, 0.717) is 32.9 Å². The number of ether oxygens (including phenoxy) is 1. The molecule has 0 aliphatic rings. The molecule has 9 heteroatoms. The zero-order chi connectivity index (χ0) is 21.7. The van der Waals surface area contributed by atoms with Gasteiger partial charge in [0.2, 0.25) is 5.91 Å². The van der Waals surface area contributed by atoms with Crippen LogP contribution >= 0.6 is 23.2 Å². The molecule has 0 fully saturated rings. The highest BCUT2D eigenvalue weighted by Crippen LogP contribution is 2.25. The van der Waals surface area contributed by atoms with Crippen molar-refractivity contribution in [2.24, 2.45) is 0 Å². The molecule has 30 heavy (non-hydrogen) atoms. The number of halogens is 2. The summed E-state index contributed by atoms with van der Waals surface area (Å²) in [5, 5.41) is 7.28. The molecule has 1 N–H and O–H groups in total. The zero-order valence-corrected chi connectivity index (χ0v) is 17.8. The number of carbonyl (C=O) groups excluding carboxylic acids is 2. The Kier molecular flexibility index (Phi) is 6.97. The summed E-state index contributed by atoms with van der Waals surface area (Å²) >= 11 is 12.1. The van der Waals surface area contributed by atoms with Crippen LogP contribution in [0.5, 0.6) is 5.75 Å². The molecule has 0 atom stereocenters. The molecular weight excluding hydrogens is 429 g/mol. The first-order valence-electron chi connectivity index (χ1n) is 8.98. The van der Waals surface area contributed by atoms with Crippen LogP contribution in [0.4, 0.5) is 5.82 Å². The number of aryl methyl sites for hydroxylation is 1. The minimum Gasteiger partial charge on any atom is -0.488 e. The van der Waals surface area contributed by atoms with Gasteiger partial charge in [-0.25, -0.2) is 0 Å². The number of aromatic nitrogens is 1. The molecule has 1 aromatic heterocycles. The van der Waals surface area contributed by atoms with Gasteiger partial charge >= 0.3 is 0 Å². The van der Waals surface area contributed by atoms with E-state index in [9.17, 15) is 9.59 Å². The molecule has 3 rings (SSSR count). The van der Waals surface area contributed by atoms with Gasteiger partial charge in [0.15, 0.2) is 5.82 Å². The predicted molar refractivity (Wildman–Crippen MR) is 114 cm³/mol. The number of para-hydroxylation sites is 1. The molecule has 0 radical (unpaired) electrons. The smallest absolute Gasteiger partial charge is 0.257 e. The highest BCUT2D eigenvalue weighted by atomic mass is 35.5. The summed E-state index contributed by atoms with van der Waals surface area (Å²) in [5.41, 5.74) is 1.06. The third kappa shape index (κ3) is 5.52. The summed E-state index contributed by atoms with van der Waals surface area (Å²) in [6.45, 7) is 1.71. The van der Waals surface area contributed by atoms with Crippen molar-refractivity contribution in [1.29, 1.82) is 0 Å². The summed E-state index contributed by atoms with van der Waals surface area (Å²) < 4.78 is 10.7. The average molecular weight is 448 g/mol. The normalized spacial score (nSPS) is 10.5. The topological polar surface area (TPSA) is 84.7 Å². The molecule has 0 saturated carbocycles. The van der Waals surface area contributed by atoms with E-state index >= 15 is 0 Å². The molecule has 0 unspecified atom stereocenters. The summed E-state index contributed by atoms with van der Waals surface area (Å²) in [4.78, 5) is 26.3. The minimum absolute atomic E-state index is 0.163. The average Bonchev–Trinajstić information content (AvgIpc) is 3.11. The van der Waals surface area contributed by atoms with Gasteiger partial charge in [-0.2, -0.15) is 0 Å². The predicted octanol–water partition coefficient (Wildman–Crippen LogP) is 4.58. The number of likely N-dealkylation sites (N-methyl/N-ethyl adjacent to an activating group) is 1. The quantitative estimate of drug-likeness (QED) is 0.572. The number of hydrogen-bond donors (Lipinski definition) is 1. The highest BCUT2D eigenvalue weighted by Gasteiger charge is 2.19. The number of nitrogens with zero attached hydrogens (tertiary/aromatic N) is 2. The van der Waals surface area contributed by atoms with E-state index in [1.807, 2.05) is 0 Å². The first kappa shape index (κ1) is 21.7. The highest BCUT2D eigenvalue weighted by molar-refractivity contribution is 6.35. The number of carbonyl (C=O) groups is 2. The Morgan fingerprint density at radius 2 is 1.93 bits per heavy atom. The molecule has 0 bridgehead atoms. The van der Waals surface area contributed by atoms with Crippen LogP contribution in [0.25, 0.3) is 0 Å². The van der Waals surface area contributed by atoms with E-state index < -0.39 is 5.91 Å². The number of hydrogen-bond acceptors (Lipinski definition) is 5. The molecule has 0 aliphatic carbocycles. The fraction of sp³-hybridized carbons (Fsp3) is 0.190. The number of amides is 2. The van der Waals surface area contributed by atoms with Crippen LogP contribution in [0, 0.1) is 6.92 Å². The number of nitrogens with one attached hydrogen (secondary N) is 1. The second-order valence-electron chi connectivity index (χ2n) is 6.55. The summed E-state index contributed by atoms with van der Waals surface area (Å²) in [6, 6.07) is 13.5. The monoisotopic (exact) mass is 447 g/mol. The van der Waals surface area contributed by atoms with Gasteiger partial charge < -0.3 is 19.5 Å². The number of anilines is 1. The Bertz CT molecular complexity index is 1070. The van der Waals surface area contributed by atoms with Crippen LogP contribution in [0.3, 0.4) is 0 Å². The third-order valence-electron chi connectivity index (χ3n) is 4.14. The van der Waals surface area contributed by atoms with E-state index in [4.69, 9.17) is 32.5 Å². The first-order valence-corrected chi connectivity index (χ1v) is 9.73. The molecule has 0 aliphatic heterocycles. The van der Waals surface area contributed by atoms with Crippen LogP contribution in [0.1, 0.15) is 21.7 Å². The van der Waals surface area contributed by atoms with Crippen LogP contribution in [0.2, 0.25) is 10.0 Å². The van der Waals surface area contributed by atoms with E-state index in [0.717, 1.165) is 5.56 Å². The number of rotatable bonds is 7. The summed E-state index contributed by atoms with van der Waals surface area (Å²) in [6.07, 6.45) is 0. The Labute approximate surface area is 183 Å². The van der Waals surface area contributed by atoms with Crippen molar-refractivity contribution in [3.63, 3.8) is 0 Å². The van der Waals surface area contributed by atoms with Crippen molar-refractivity contribution in [2.45, 2.75) is 13.5 Å². The summed E-state index contributed by atoms with van der Waals surface area (Å²) in [5.74, 6) is 0.487. The molecular formula is C21H19Cl2N3O4. The maximum absolute atomic E-state index is 12.9. The van der Waals surface area contributed by atoms with E-state index in [1.165, 1.54) is 11.9 Å². The second-order valence-corrected chi connectivity index (χ2v) is 7.40. The van der Waals surface area contributed by atoms with E-state index in [2.05, 4.69) is 10.5 Å². The van der Waals surface area contributed by atoms with Gasteiger partial charge in [0, 0.05) is 28.7 Å². The molecule has 0 saturated heterocycles. The lowest BCUT2D eigenvalue weighted by Crippen LogP contribution is -2.35. The third-order valence-corrected chi connectivity index (χ3v) is 4.73. The van der Waals surface area contributed by atoms with Gasteiger partial charge in [-0.3, -0.25) is 9.59 Å². The van der Waals surface area contributed by atoms with Crippen LogP contribution in [0.15, 0.2) is 53.1 Å². The van der Waals surface area contributed by atoms with Crippen LogP contribution in [-0.2, 0) is 11.4 Å². The van der Waals surface area contributed by atoms with Crippen molar-refractivity contribution in [1.82, 2.24) is 10.1 Å². The van der Waals surface area contributed by atoms with Crippen molar-refractivity contribution >= 4 is 40.8 Å². The summed E-state index contributed by atoms with van der Waals surface area (Å²) in [7, 11) is 1.53. The Hall–Kier alpha value is -3.03. The van der Waals surface area contributed by atoms with Gasteiger partial charge in [0.1, 0.15) is 18.1 Å². The molecule has 2 amide bonds. The molecule has 156 valence electrons. The van der Waals surface area contributed by atoms with Gasteiger partial charge in [0.05, 0.1) is 12.1 Å². The van der Waals surface area contributed by atoms with Gasteiger partial charge in [-0.1, -0.05) is 46.6 Å². The Morgan fingerprint density at radius 3 is 2.63 bits per heavy atom. The Morgan fingerprint density at radius 1 is 1.17 bits per heavy atom. The number of benzene rings is 2. The van der Waals surface area contributed by atoms with Crippen molar-refractivity contribution < 1.29 is 18.8 Å². The van der Waals surface area contributed by atoms with Crippen LogP contribution in [-0.4, -0.2) is 35.5 Å². The van der Waals surface area contributed by atoms with Gasteiger partial charge in [-0.05, 0) is 31.2 Å². The lowest BCUT2D eigenvalue weighted by molar-refractivity contribution is -0.116. The van der Waals surface area contributed by atoms with Crippen molar-refractivity contribution in [3.05, 3.63) is 75.5 Å². The van der Waals surface area contributed by atoms with Crippen LogP contribution < -0.4 is 10.1 Å². The Balaban J connectivity index is 1.66. The molecule has 0 spiro atoms. The maximum atomic E-state index is 12.9. The SMILES string of the molecule is Cc1cc(NC(=O)CN(C)C(=O)c2ccccc2OCc2ccc(Cl)cc2Cl)no1. The van der Waals surface area contributed by atoms with Gasteiger partial charge in [0.25, 0.3) is 5.91 Å². The zero-order valence-electron chi connectivity index (χ0n) is 16.3. The second kappa shape index (κ2) is 9.65. The van der Waals surface area contributed by atoms with Gasteiger partial charge in [-0.15, -0.1) is 0 Å². The lowest BCUT2D eigenvalue weighted by Gasteiger charge is -2.18. The molecule has 1 heterocycles. The van der Waals surface area contributed by atoms with E-state index in [-0.39, 0.29) is 19.1 Å². The van der Waals surface area contributed by atoms with Crippen molar-refractivity contribution in [2.75, 3.05) is 18.9 Å². The van der Waals surface area contributed by atoms with E-state index in [1.54, 1.807) is 55.5 Å². The van der Waals surface area contributed by atoms with Crippen molar-refractivity contribution in [3.8, 4) is 5.75 Å². The standard InChI is InChI=1S/C21H19Cl2N3O4/c1-13-9-19(25-30-13)24-20(27)11-26(2)21(28)16-5-3-4-6-18(16)29-12-14-7-8-15(22)10-17(14)23/h3-10H,11-12H2,1-2H3,(H,24,25,27). The maximum Gasteiger partial charge on any atom is 0.257 e. The lowest BCUT2D eigenvalue weighted by atomic mass is 10.1. The largest absolute Gasteiger partial charge is 0.488 e. The molecule has 3 aromatic rings. The fourth-order valence-electron chi connectivity index (χ4n) is 2.66. The molecule has 7 nitrogen and oxygen atoms in total. The minimum atomic E-state index is -0.398. The first-order chi connectivity index (χ1) is 14.3. The fourth-order valence-corrected chi connectivity index (χ4v) is 3.13. The molecule has 2 aromatic carbocycles.